The zero-order valence-electron chi connectivity index (χ0n) is 9.79. The largest absolute Gasteiger partial charge is 0.383 e. The summed E-state index contributed by atoms with van der Waals surface area (Å²) in [6.07, 6.45) is 2.51. The van der Waals surface area contributed by atoms with E-state index >= 15 is 0 Å². The van der Waals surface area contributed by atoms with Gasteiger partial charge < -0.3 is 10.1 Å². The maximum atomic E-state index is 11.5. The van der Waals surface area contributed by atoms with E-state index in [-0.39, 0.29) is 5.91 Å². The third-order valence-electron chi connectivity index (χ3n) is 2.74. The van der Waals surface area contributed by atoms with Crippen LogP contribution in [0.2, 0.25) is 0 Å². The van der Waals surface area contributed by atoms with Crippen molar-refractivity contribution in [3.05, 3.63) is 0 Å². The molecule has 1 heterocycles. The number of methoxy groups -OCH3 is 1. The Labute approximate surface area is 92.0 Å². The number of piperidine rings is 1. The lowest BCUT2D eigenvalue weighted by Crippen LogP contribution is -2.42. The zero-order chi connectivity index (χ0) is 11.1. The van der Waals surface area contributed by atoms with E-state index in [2.05, 4.69) is 17.1 Å². The van der Waals surface area contributed by atoms with Crippen molar-refractivity contribution in [1.29, 1.82) is 0 Å². The molecular weight excluding hydrogens is 192 g/mol. The number of nitrogens with zero attached hydrogens (tertiary/aromatic N) is 1. The number of nitrogens with one attached hydrogen (secondary N) is 1. The maximum absolute atomic E-state index is 11.5. The molecule has 0 saturated carbocycles. The van der Waals surface area contributed by atoms with Crippen LogP contribution in [0.1, 0.15) is 19.8 Å². The number of ether oxygens (including phenoxy) is 1. The maximum Gasteiger partial charge on any atom is 0.234 e. The molecule has 0 aromatic carbocycles. The van der Waals surface area contributed by atoms with Gasteiger partial charge in [-0.05, 0) is 25.3 Å². The van der Waals surface area contributed by atoms with Gasteiger partial charge in [-0.15, -0.1) is 0 Å². The SMILES string of the molecule is COCCNC(=O)CN1CCC[C@@H](C)C1. The zero-order valence-corrected chi connectivity index (χ0v) is 9.79. The van der Waals surface area contributed by atoms with E-state index in [0.717, 1.165) is 19.0 Å². The predicted octanol–water partition coefficient (Wildman–Crippen LogP) is 0.481. The van der Waals surface area contributed by atoms with Crippen molar-refractivity contribution >= 4 is 5.91 Å². The molecule has 1 amide bonds. The Bertz CT molecular complexity index is 197. The molecule has 0 spiro atoms. The van der Waals surface area contributed by atoms with Crippen LogP contribution in [0.4, 0.5) is 0 Å². The first-order chi connectivity index (χ1) is 7.22. The Morgan fingerprint density at radius 1 is 1.60 bits per heavy atom. The lowest BCUT2D eigenvalue weighted by atomic mass is 10.0. The lowest BCUT2D eigenvalue weighted by Gasteiger charge is -2.30. The average Bonchev–Trinajstić information content (AvgIpc) is 2.18. The summed E-state index contributed by atoms with van der Waals surface area (Å²) in [5.41, 5.74) is 0. The van der Waals surface area contributed by atoms with Crippen LogP contribution in [0, 0.1) is 5.92 Å². The first-order valence-electron chi connectivity index (χ1n) is 5.70. The van der Waals surface area contributed by atoms with Gasteiger partial charge >= 0.3 is 0 Å². The molecular formula is C11H22N2O2. The monoisotopic (exact) mass is 214 g/mol. The van der Waals surface area contributed by atoms with Crippen molar-refractivity contribution < 1.29 is 9.53 Å². The summed E-state index contributed by atoms with van der Waals surface area (Å²) < 4.78 is 4.87. The molecule has 0 aromatic rings. The van der Waals surface area contributed by atoms with Gasteiger partial charge in [-0.25, -0.2) is 0 Å². The van der Waals surface area contributed by atoms with Crippen LogP contribution >= 0.6 is 0 Å². The van der Waals surface area contributed by atoms with Crippen LogP contribution in [0.5, 0.6) is 0 Å². The second-order valence-corrected chi connectivity index (χ2v) is 4.33. The molecule has 0 aliphatic carbocycles. The van der Waals surface area contributed by atoms with Crippen molar-refractivity contribution in [3.63, 3.8) is 0 Å². The van der Waals surface area contributed by atoms with E-state index in [4.69, 9.17) is 4.74 Å². The molecule has 1 fully saturated rings. The second kappa shape index (κ2) is 6.80. The molecule has 88 valence electrons. The van der Waals surface area contributed by atoms with Crippen LogP contribution in [0.3, 0.4) is 0 Å². The molecule has 1 aliphatic rings. The van der Waals surface area contributed by atoms with Gasteiger partial charge in [-0.3, -0.25) is 9.69 Å². The fourth-order valence-corrected chi connectivity index (χ4v) is 1.98. The van der Waals surface area contributed by atoms with Crippen molar-refractivity contribution in [1.82, 2.24) is 10.2 Å². The molecule has 4 heteroatoms. The molecule has 0 unspecified atom stereocenters. The average molecular weight is 214 g/mol. The van der Waals surface area contributed by atoms with Crippen molar-refractivity contribution in [2.75, 3.05) is 39.9 Å². The minimum Gasteiger partial charge on any atom is -0.383 e. The topological polar surface area (TPSA) is 41.6 Å². The highest BCUT2D eigenvalue weighted by Gasteiger charge is 2.17. The van der Waals surface area contributed by atoms with Gasteiger partial charge in [0.1, 0.15) is 0 Å². The second-order valence-electron chi connectivity index (χ2n) is 4.33. The molecule has 1 N–H and O–H groups in total. The number of rotatable bonds is 5. The quantitative estimate of drug-likeness (QED) is 0.677. The lowest BCUT2D eigenvalue weighted by molar-refractivity contribution is -0.122. The highest BCUT2D eigenvalue weighted by molar-refractivity contribution is 5.77. The van der Waals surface area contributed by atoms with Crippen LogP contribution in [-0.2, 0) is 9.53 Å². The summed E-state index contributed by atoms with van der Waals surface area (Å²) in [6, 6.07) is 0. The van der Waals surface area contributed by atoms with Gasteiger partial charge in [0.25, 0.3) is 0 Å². The Morgan fingerprint density at radius 3 is 3.07 bits per heavy atom. The molecule has 1 atom stereocenters. The molecule has 4 nitrogen and oxygen atoms in total. The Kier molecular flexibility index (Phi) is 5.65. The number of hydrogen-bond acceptors (Lipinski definition) is 3. The highest BCUT2D eigenvalue weighted by Crippen LogP contribution is 2.14. The van der Waals surface area contributed by atoms with E-state index in [1.54, 1.807) is 7.11 Å². The highest BCUT2D eigenvalue weighted by atomic mass is 16.5. The van der Waals surface area contributed by atoms with Gasteiger partial charge in [-0.1, -0.05) is 6.92 Å². The minimum atomic E-state index is 0.112. The third kappa shape index (κ3) is 5.14. The van der Waals surface area contributed by atoms with Crippen LogP contribution < -0.4 is 5.32 Å². The molecule has 0 radical (unpaired) electrons. The van der Waals surface area contributed by atoms with Crippen molar-refractivity contribution in [2.45, 2.75) is 19.8 Å². The summed E-state index contributed by atoms with van der Waals surface area (Å²) in [5, 5.41) is 2.84. The van der Waals surface area contributed by atoms with Crippen molar-refractivity contribution in [2.24, 2.45) is 5.92 Å². The molecule has 0 aromatic heterocycles. The van der Waals surface area contributed by atoms with Gasteiger partial charge in [0.2, 0.25) is 5.91 Å². The van der Waals surface area contributed by atoms with Crippen LogP contribution in [-0.4, -0.2) is 50.7 Å². The predicted molar refractivity (Wildman–Crippen MR) is 59.7 cm³/mol. The van der Waals surface area contributed by atoms with Crippen molar-refractivity contribution in [3.8, 4) is 0 Å². The van der Waals surface area contributed by atoms with E-state index in [1.165, 1.54) is 12.8 Å². The number of amides is 1. The normalized spacial score (nSPS) is 22.7. The summed E-state index contributed by atoms with van der Waals surface area (Å²) >= 11 is 0. The van der Waals surface area contributed by atoms with E-state index < -0.39 is 0 Å². The molecule has 15 heavy (non-hydrogen) atoms. The fraction of sp³-hybridized carbons (Fsp3) is 0.909. The molecule has 0 bridgehead atoms. The van der Waals surface area contributed by atoms with Gasteiger partial charge in [0.05, 0.1) is 13.2 Å². The molecule has 1 aliphatic heterocycles. The molecule has 1 rings (SSSR count). The number of likely N-dealkylation sites (tertiary alicyclic amines) is 1. The van der Waals surface area contributed by atoms with Gasteiger partial charge in [-0.2, -0.15) is 0 Å². The van der Waals surface area contributed by atoms with Crippen LogP contribution in [0.15, 0.2) is 0 Å². The first-order valence-corrected chi connectivity index (χ1v) is 5.70. The summed E-state index contributed by atoms with van der Waals surface area (Å²) in [7, 11) is 1.64. The summed E-state index contributed by atoms with van der Waals surface area (Å²) in [5.74, 6) is 0.840. The van der Waals surface area contributed by atoms with E-state index in [1.807, 2.05) is 0 Å². The summed E-state index contributed by atoms with van der Waals surface area (Å²) in [6.45, 7) is 6.09. The van der Waals surface area contributed by atoms with E-state index in [9.17, 15) is 4.79 Å². The Balaban J connectivity index is 2.13. The Morgan fingerprint density at radius 2 is 2.40 bits per heavy atom. The summed E-state index contributed by atoms with van der Waals surface area (Å²) in [4.78, 5) is 13.7. The third-order valence-corrected chi connectivity index (χ3v) is 2.74. The number of carbonyl (C=O) groups is 1. The smallest absolute Gasteiger partial charge is 0.234 e. The fourth-order valence-electron chi connectivity index (χ4n) is 1.98. The van der Waals surface area contributed by atoms with E-state index in [0.29, 0.717) is 19.7 Å². The van der Waals surface area contributed by atoms with Gasteiger partial charge in [0, 0.05) is 20.2 Å². The minimum absolute atomic E-state index is 0.112. The number of hydrogen-bond donors (Lipinski definition) is 1. The molecule has 1 saturated heterocycles. The standard InChI is InChI=1S/C11H22N2O2/c1-10-4-3-6-13(8-10)9-11(14)12-5-7-15-2/h10H,3-9H2,1-2H3,(H,12,14)/t10-/m1/s1. The number of carbonyl (C=O) groups excluding carboxylic acids is 1. The van der Waals surface area contributed by atoms with Gasteiger partial charge in [0.15, 0.2) is 0 Å². The van der Waals surface area contributed by atoms with Crippen LogP contribution in [0.25, 0.3) is 0 Å². The Hall–Kier alpha value is -0.610. The first kappa shape index (κ1) is 12.5.